The smallest absolute Gasteiger partial charge is 0.162 e. The van der Waals surface area contributed by atoms with Gasteiger partial charge in [-0.3, -0.25) is 4.79 Å². The molecule has 1 unspecified atom stereocenters. The number of ketones is 1. The lowest BCUT2D eigenvalue weighted by molar-refractivity contribution is 0.0899. The lowest BCUT2D eigenvalue weighted by atomic mass is 9.75. The Morgan fingerprint density at radius 1 is 0.957 bits per heavy atom. The molecule has 1 atom stereocenters. The highest BCUT2D eigenvalue weighted by Gasteiger charge is 2.32. The fourth-order valence-electron chi connectivity index (χ4n) is 3.42. The number of hydrogen-bond acceptors (Lipinski definition) is 2. The Morgan fingerprint density at radius 3 is 2.00 bits per heavy atom. The number of nitrogens with zero attached hydrogens (tertiary/aromatic N) is 1. The number of rotatable bonds is 7. The molecular weight excluding hydrogens is 282 g/mol. The third-order valence-electron chi connectivity index (χ3n) is 4.46. The second kappa shape index (κ2) is 7.56. The van der Waals surface area contributed by atoms with Gasteiger partial charge < -0.3 is 4.90 Å². The Hall–Kier alpha value is -1.93. The first-order valence-corrected chi connectivity index (χ1v) is 8.21. The Morgan fingerprint density at radius 2 is 1.48 bits per heavy atom. The molecule has 2 nitrogen and oxygen atoms in total. The van der Waals surface area contributed by atoms with E-state index in [4.69, 9.17) is 0 Å². The second-order valence-corrected chi connectivity index (χ2v) is 7.05. The average Bonchev–Trinajstić information content (AvgIpc) is 2.54. The molecule has 0 aliphatic rings. The Kier molecular flexibility index (Phi) is 5.73. The van der Waals surface area contributed by atoms with Gasteiger partial charge in [-0.05, 0) is 31.5 Å². The van der Waals surface area contributed by atoms with Gasteiger partial charge in [-0.2, -0.15) is 0 Å². The summed E-state index contributed by atoms with van der Waals surface area (Å²) < 4.78 is 0. The van der Waals surface area contributed by atoms with Crippen molar-refractivity contribution in [1.29, 1.82) is 0 Å². The lowest BCUT2D eigenvalue weighted by Gasteiger charge is -2.39. The lowest BCUT2D eigenvalue weighted by Crippen LogP contribution is -2.34. The molecule has 0 radical (unpaired) electrons. The zero-order valence-electron chi connectivity index (χ0n) is 14.6. The van der Waals surface area contributed by atoms with Crippen molar-refractivity contribution in [1.82, 2.24) is 4.90 Å². The molecule has 0 N–H and O–H groups in total. The van der Waals surface area contributed by atoms with Crippen molar-refractivity contribution in [2.45, 2.75) is 32.7 Å². The second-order valence-electron chi connectivity index (χ2n) is 7.05. The van der Waals surface area contributed by atoms with Crippen molar-refractivity contribution in [2.75, 3.05) is 14.1 Å². The van der Waals surface area contributed by atoms with Crippen LogP contribution in [0.15, 0.2) is 60.7 Å². The first-order valence-electron chi connectivity index (χ1n) is 8.21. The molecule has 2 aromatic rings. The fourth-order valence-corrected chi connectivity index (χ4v) is 3.42. The van der Waals surface area contributed by atoms with E-state index in [1.165, 1.54) is 5.56 Å². The number of carbonyl (C=O) groups is 1. The van der Waals surface area contributed by atoms with E-state index >= 15 is 0 Å². The first-order chi connectivity index (χ1) is 10.9. The van der Waals surface area contributed by atoms with E-state index < -0.39 is 0 Å². The Balaban J connectivity index is 2.11. The standard InChI is InChI=1S/C21H27NO/c1-21(2,16-15-19(23)17-11-7-5-8-12-17)20(22(3)4)18-13-9-6-10-14-18/h5-14,20H,15-16H2,1-4H3. The van der Waals surface area contributed by atoms with Gasteiger partial charge in [0.05, 0.1) is 0 Å². The molecule has 0 bridgehead atoms. The monoisotopic (exact) mass is 309 g/mol. The minimum atomic E-state index is 0.00922. The minimum Gasteiger partial charge on any atom is -0.302 e. The van der Waals surface area contributed by atoms with Crippen LogP contribution in [-0.2, 0) is 0 Å². The number of carbonyl (C=O) groups excluding carboxylic acids is 1. The topological polar surface area (TPSA) is 20.3 Å². The Labute approximate surface area is 140 Å². The molecular formula is C21H27NO. The zero-order valence-corrected chi connectivity index (χ0v) is 14.6. The van der Waals surface area contributed by atoms with Crippen LogP contribution in [0.1, 0.15) is 48.7 Å². The van der Waals surface area contributed by atoms with Crippen LogP contribution in [0.25, 0.3) is 0 Å². The summed E-state index contributed by atoms with van der Waals surface area (Å²) in [4.78, 5) is 14.7. The van der Waals surface area contributed by atoms with Crippen LogP contribution in [0, 0.1) is 5.41 Å². The summed E-state index contributed by atoms with van der Waals surface area (Å²) >= 11 is 0. The van der Waals surface area contributed by atoms with Crippen molar-refractivity contribution in [3.63, 3.8) is 0 Å². The maximum absolute atomic E-state index is 12.4. The van der Waals surface area contributed by atoms with Gasteiger partial charge in [0.1, 0.15) is 0 Å². The van der Waals surface area contributed by atoms with Crippen LogP contribution in [0.4, 0.5) is 0 Å². The molecule has 0 saturated heterocycles. The van der Waals surface area contributed by atoms with E-state index in [0.29, 0.717) is 6.42 Å². The van der Waals surface area contributed by atoms with E-state index in [2.05, 4.69) is 57.1 Å². The number of hydrogen-bond donors (Lipinski definition) is 0. The summed E-state index contributed by atoms with van der Waals surface area (Å²) in [7, 11) is 4.22. The molecule has 0 aliphatic carbocycles. The number of Topliss-reactive ketones (excluding diaryl/α,β-unsaturated/α-hetero) is 1. The highest BCUT2D eigenvalue weighted by molar-refractivity contribution is 5.95. The highest BCUT2D eigenvalue weighted by atomic mass is 16.1. The molecule has 0 aromatic heterocycles. The fraction of sp³-hybridized carbons (Fsp3) is 0.381. The van der Waals surface area contributed by atoms with E-state index in [1.54, 1.807) is 0 Å². The largest absolute Gasteiger partial charge is 0.302 e. The normalized spacial score (nSPS) is 13.1. The van der Waals surface area contributed by atoms with Gasteiger partial charge in [0.25, 0.3) is 0 Å². The van der Waals surface area contributed by atoms with Crippen molar-refractivity contribution in [2.24, 2.45) is 5.41 Å². The molecule has 0 amide bonds. The molecule has 122 valence electrons. The van der Waals surface area contributed by atoms with Crippen molar-refractivity contribution in [3.8, 4) is 0 Å². The third-order valence-corrected chi connectivity index (χ3v) is 4.46. The van der Waals surface area contributed by atoms with Crippen LogP contribution in [-0.4, -0.2) is 24.8 Å². The summed E-state index contributed by atoms with van der Waals surface area (Å²) in [5.74, 6) is 0.226. The summed E-state index contributed by atoms with van der Waals surface area (Å²) in [5, 5.41) is 0. The Bertz CT molecular complexity index is 617. The van der Waals surface area contributed by atoms with Crippen LogP contribution >= 0.6 is 0 Å². The third kappa shape index (κ3) is 4.52. The predicted molar refractivity (Wildman–Crippen MR) is 96.7 cm³/mol. The molecule has 0 saturated carbocycles. The maximum atomic E-state index is 12.4. The summed E-state index contributed by atoms with van der Waals surface area (Å²) in [6.07, 6.45) is 1.44. The molecule has 2 heteroatoms. The van der Waals surface area contributed by atoms with Gasteiger partial charge in [0.2, 0.25) is 0 Å². The quantitative estimate of drug-likeness (QED) is 0.672. The van der Waals surface area contributed by atoms with Crippen molar-refractivity contribution < 1.29 is 4.79 Å². The van der Waals surface area contributed by atoms with Gasteiger partial charge in [0.15, 0.2) is 5.78 Å². The summed E-state index contributed by atoms with van der Waals surface area (Å²) in [5.41, 5.74) is 2.12. The molecule has 2 aromatic carbocycles. The van der Waals surface area contributed by atoms with E-state index in [-0.39, 0.29) is 17.2 Å². The SMILES string of the molecule is CN(C)C(c1ccccc1)C(C)(C)CCC(=O)c1ccccc1. The molecule has 23 heavy (non-hydrogen) atoms. The highest BCUT2D eigenvalue weighted by Crippen LogP contribution is 2.40. The van der Waals surface area contributed by atoms with Gasteiger partial charge in [-0.1, -0.05) is 74.5 Å². The van der Waals surface area contributed by atoms with Crippen LogP contribution in [0.2, 0.25) is 0 Å². The van der Waals surface area contributed by atoms with Crippen molar-refractivity contribution in [3.05, 3.63) is 71.8 Å². The van der Waals surface area contributed by atoms with Crippen LogP contribution in [0.3, 0.4) is 0 Å². The average molecular weight is 309 g/mol. The number of benzene rings is 2. The van der Waals surface area contributed by atoms with Crippen LogP contribution in [0.5, 0.6) is 0 Å². The van der Waals surface area contributed by atoms with Gasteiger partial charge in [-0.15, -0.1) is 0 Å². The predicted octanol–water partition coefficient (Wildman–Crippen LogP) is 4.98. The molecule has 0 heterocycles. The van der Waals surface area contributed by atoms with Gasteiger partial charge in [-0.25, -0.2) is 0 Å². The first kappa shape index (κ1) is 17.4. The van der Waals surface area contributed by atoms with Gasteiger partial charge >= 0.3 is 0 Å². The van der Waals surface area contributed by atoms with Crippen LogP contribution < -0.4 is 0 Å². The van der Waals surface area contributed by atoms with E-state index in [0.717, 1.165) is 12.0 Å². The molecule has 2 rings (SSSR count). The minimum absolute atomic E-state index is 0.00922. The summed E-state index contributed by atoms with van der Waals surface area (Å²) in [6.45, 7) is 4.51. The van der Waals surface area contributed by atoms with Crippen molar-refractivity contribution >= 4 is 5.78 Å². The molecule has 0 aliphatic heterocycles. The zero-order chi connectivity index (χ0) is 16.9. The maximum Gasteiger partial charge on any atom is 0.162 e. The van der Waals surface area contributed by atoms with E-state index in [1.807, 2.05) is 36.4 Å². The molecule has 0 fully saturated rings. The van der Waals surface area contributed by atoms with Gasteiger partial charge in [0, 0.05) is 18.0 Å². The molecule has 0 spiro atoms. The van der Waals surface area contributed by atoms with E-state index in [9.17, 15) is 4.79 Å². The summed E-state index contributed by atoms with van der Waals surface area (Å²) in [6, 6.07) is 20.4.